The first-order valence-corrected chi connectivity index (χ1v) is 5.63. The highest BCUT2D eigenvalue weighted by atomic mass is 16.5. The fourth-order valence-corrected chi connectivity index (χ4v) is 1.33. The van der Waals surface area contributed by atoms with Crippen molar-refractivity contribution in [3.63, 3.8) is 0 Å². The van der Waals surface area contributed by atoms with Crippen molar-refractivity contribution < 1.29 is 9.53 Å². The van der Waals surface area contributed by atoms with Gasteiger partial charge in [0, 0.05) is 6.21 Å². The van der Waals surface area contributed by atoms with Gasteiger partial charge >= 0.3 is 5.97 Å². The van der Waals surface area contributed by atoms with Crippen LogP contribution in [-0.4, -0.2) is 24.8 Å². The number of carbonyl (C=O) groups excluding carboxylic acids is 1. The van der Waals surface area contributed by atoms with Crippen LogP contribution in [-0.2, 0) is 9.53 Å². The largest absolute Gasteiger partial charge is 0.464 e. The summed E-state index contributed by atoms with van der Waals surface area (Å²) in [4.78, 5) is 15.8. The van der Waals surface area contributed by atoms with Crippen LogP contribution in [0.5, 0.6) is 0 Å². The Kier molecular flexibility index (Phi) is 5.72. The fourth-order valence-electron chi connectivity index (χ4n) is 1.33. The summed E-state index contributed by atoms with van der Waals surface area (Å²) >= 11 is 0. The molecule has 0 N–H and O–H groups in total. The molecule has 0 radical (unpaired) electrons. The zero-order chi connectivity index (χ0) is 12.5. The highest BCUT2D eigenvalue weighted by Gasteiger charge is 2.15. The number of rotatable bonds is 6. The predicted octanol–water partition coefficient (Wildman–Crippen LogP) is 2.61. The van der Waals surface area contributed by atoms with Crippen LogP contribution in [0.2, 0.25) is 0 Å². The average Bonchev–Trinajstić information content (AvgIpc) is 2.36. The van der Waals surface area contributed by atoms with Gasteiger partial charge in [-0.15, -0.1) is 6.58 Å². The number of nitrogens with zero attached hydrogens (tertiary/aromatic N) is 1. The molecule has 1 aromatic carbocycles. The lowest BCUT2D eigenvalue weighted by atomic mass is 10.2. The molecule has 17 heavy (non-hydrogen) atoms. The van der Waals surface area contributed by atoms with E-state index in [1.54, 1.807) is 19.2 Å². The molecule has 0 bridgehead atoms. The number of hydrogen-bond donors (Lipinski definition) is 0. The molecule has 3 heteroatoms. The lowest BCUT2D eigenvalue weighted by molar-refractivity contribution is -0.144. The molecule has 0 aliphatic rings. The molecule has 0 heterocycles. The van der Waals surface area contributed by atoms with Crippen LogP contribution in [0, 0.1) is 0 Å². The number of hydrogen-bond acceptors (Lipinski definition) is 3. The maximum atomic E-state index is 11.6. The summed E-state index contributed by atoms with van der Waals surface area (Å²) in [5, 5.41) is 0. The summed E-state index contributed by atoms with van der Waals surface area (Å²) in [7, 11) is 0. The molecular weight excluding hydrogens is 214 g/mol. The molecule has 0 aliphatic heterocycles. The minimum Gasteiger partial charge on any atom is -0.464 e. The van der Waals surface area contributed by atoms with Crippen molar-refractivity contribution in [3.8, 4) is 0 Å². The summed E-state index contributed by atoms with van der Waals surface area (Å²) in [6.07, 6.45) is 3.84. The SMILES string of the molecule is C=CCC(N=Cc1ccccc1)C(=O)OCC. The van der Waals surface area contributed by atoms with Gasteiger partial charge in [0.25, 0.3) is 0 Å². The zero-order valence-electron chi connectivity index (χ0n) is 10.0. The molecule has 1 rings (SSSR count). The van der Waals surface area contributed by atoms with Crippen molar-refractivity contribution in [3.05, 3.63) is 48.6 Å². The second kappa shape index (κ2) is 7.39. The number of aliphatic imine (C=N–C) groups is 1. The molecule has 0 spiro atoms. The quantitative estimate of drug-likeness (QED) is 0.429. The van der Waals surface area contributed by atoms with Crippen LogP contribution < -0.4 is 0 Å². The van der Waals surface area contributed by atoms with Crippen LogP contribution in [0.15, 0.2) is 48.0 Å². The molecule has 0 fully saturated rings. The number of esters is 1. The van der Waals surface area contributed by atoms with E-state index in [0.29, 0.717) is 13.0 Å². The van der Waals surface area contributed by atoms with E-state index in [4.69, 9.17) is 4.74 Å². The number of carbonyl (C=O) groups is 1. The predicted molar refractivity (Wildman–Crippen MR) is 69.3 cm³/mol. The van der Waals surface area contributed by atoms with Crippen LogP contribution in [0.25, 0.3) is 0 Å². The average molecular weight is 231 g/mol. The highest BCUT2D eigenvalue weighted by molar-refractivity contribution is 5.84. The normalized spacial score (nSPS) is 12.3. The monoisotopic (exact) mass is 231 g/mol. The summed E-state index contributed by atoms with van der Waals surface area (Å²) < 4.78 is 4.94. The third kappa shape index (κ3) is 4.64. The molecule has 90 valence electrons. The van der Waals surface area contributed by atoms with Gasteiger partial charge in [0.15, 0.2) is 6.04 Å². The van der Waals surface area contributed by atoms with E-state index >= 15 is 0 Å². The maximum absolute atomic E-state index is 11.6. The van der Waals surface area contributed by atoms with Gasteiger partial charge in [0.2, 0.25) is 0 Å². The lowest BCUT2D eigenvalue weighted by Gasteiger charge is -2.08. The van der Waals surface area contributed by atoms with Crippen molar-refractivity contribution in [2.24, 2.45) is 4.99 Å². The van der Waals surface area contributed by atoms with E-state index in [0.717, 1.165) is 5.56 Å². The van der Waals surface area contributed by atoms with E-state index in [-0.39, 0.29) is 5.97 Å². The fraction of sp³-hybridized carbons (Fsp3) is 0.286. The molecule has 1 aromatic rings. The molecule has 0 aliphatic carbocycles. The lowest BCUT2D eigenvalue weighted by Crippen LogP contribution is -2.21. The summed E-state index contributed by atoms with van der Waals surface area (Å²) in [5.41, 5.74) is 0.964. The molecule has 3 nitrogen and oxygen atoms in total. The van der Waals surface area contributed by atoms with Gasteiger partial charge < -0.3 is 4.74 Å². The Hall–Kier alpha value is -1.90. The molecule has 0 saturated heterocycles. The molecule has 0 saturated carbocycles. The topological polar surface area (TPSA) is 38.7 Å². The third-order valence-corrected chi connectivity index (χ3v) is 2.15. The molecule has 0 amide bonds. The van der Waals surface area contributed by atoms with Crippen LogP contribution >= 0.6 is 0 Å². The van der Waals surface area contributed by atoms with Gasteiger partial charge in [-0.2, -0.15) is 0 Å². The third-order valence-electron chi connectivity index (χ3n) is 2.15. The Bertz CT molecular complexity index is 384. The number of ether oxygens (including phenoxy) is 1. The van der Waals surface area contributed by atoms with Crippen molar-refractivity contribution >= 4 is 12.2 Å². The van der Waals surface area contributed by atoms with E-state index in [1.165, 1.54) is 0 Å². The van der Waals surface area contributed by atoms with Crippen molar-refractivity contribution in [2.75, 3.05) is 6.61 Å². The summed E-state index contributed by atoms with van der Waals surface area (Å²) in [6.45, 7) is 5.77. The van der Waals surface area contributed by atoms with Gasteiger partial charge in [0.1, 0.15) is 0 Å². The maximum Gasteiger partial charge on any atom is 0.331 e. The molecule has 1 unspecified atom stereocenters. The van der Waals surface area contributed by atoms with Crippen LogP contribution in [0.4, 0.5) is 0 Å². The van der Waals surface area contributed by atoms with E-state index in [9.17, 15) is 4.79 Å². The minimum absolute atomic E-state index is 0.306. The van der Waals surface area contributed by atoms with E-state index in [2.05, 4.69) is 11.6 Å². The van der Waals surface area contributed by atoms with E-state index < -0.39 is 6.04 Å². The van der Waals surface area contributed by atoms with Crippen LogP contribution in [0.3, 0.4) is 0 Å². The standard InChI is InChI=1S/C14H17NO2/c1-3-8-13(14(16)17-4-2)15-11-12-9-6-5-7-10-12/h3,5-7,9-11,13H,1,4,8H2,2H3. The van der Waals surface area contributed by atoms with Gasteiger partial charge in [-0.1, -0.05) is 36.4 Å². The van der Waals surface area contributed by atoms with Gasteiger partial charge in [-0.25, -0.2) is 4.79 Å². The Morgan fingerprint density at radius 3 is 2.76 bits per heavy atom. The molecule has 1 atom stereocenters. The Morgan fingerprint density at radius 2 is 2.18 bits per heavy atom. The van der Waals surface area contributed by atoms with E-state index in [1.807, 2.05) is 30.3 Å². The first-order chi connectivity index (χ1) is 8.27. The zero-order valence-corrected chi connectivity index (χ0v) is 10.0. The van der Waals surface area contributed by atoms with Gasteiger partial charge in [-0.3, -0.25) is 4.99 Å². The van der Waals surface area contributed by atoms with Crippen molar-refractivity contribution in [1.29, 1.82) is 0 Å². The van der Waals surface area contributed by atoms with Crippen molar-refractivity contribution in [1.82, 2.24) is 0 Å². The first kappa shape index (κ1) is 13.2. The molecular formula is C14H17NO2. The second-order valence-corrected chi connectivity index (χ2v) is 3.48. The van der Waals surface area contributed by atoms with Gasteiger partial charge in [0.05, 0.1) is 6.61 Å². The first-order valence-electron chi connectivity index (χ1n) is 5.63. The molecule has 0 aromatic heterocycles. The second-order valence-electron chi connectivity index (χ2n) is 3.48. The smallest absolute Gasteiger partial charge is 0.331 e. The summed E-state index contributed by atoms with van der Waals surface area (Å²) in [6, 6.07) is 9.15. The Balaban J connectivity index is 2.69. The number of benzene rings is 1. The minimum atomic E-state index is -0.493. The van der Waals surface area contributed by atoms with Crippen molar-refractivity contribution in [2.45, 2.75) is 19.4 Å². The Morgan fingerprint density at radius 1 is 1.47 bits per heavy atom. The van der Waals surface area contributed by atoms with Gasteiger partial charge in [-0.05, 0) is 18.9 Å². The van der Waals surface area contributed by atoms with Crippen LogP contribution in [0.1, 0.15) is 18.9 Å². The highest BCUT2D eigenvalue weighted by Crippen LogP contribution is 2.03. The Labute approximate surface area is 102 Å². The summed E-state index contributed by atoms with van der Waals surface area (Å²) in [5.74, 6) is -0.306.